The molecule has 2 aromatic rings. The molecule has 8 heteroatoms. The van der Waals surface area contributed by atoms with E-state index < -0.39 is 16.0 Å². The van der Waals surface area contributed by atoms with Crippen molar-refractivity contribution in [1.29, 1.82) is 0 Å². The molecule has 1 aromatic heterocycles. The number of hydrogen-bond acceptors (Lipinski definition) is 4. The minimum atomic E-state index is -3.82. The van der Waals surface area contributed by atoms with Crippen LogP contribution in [0.15, 0.2) is 35.2 Å². The van der Waals surface area contributed by atoms with Crippen LogP contribution in [0, 0.1) is 5.41 Å². The lowest BCUT2D eigenvalue weighted by molar-refractivity contribution is -0.136. The topological polar surface area (TPSA) is 119 Å². The summed E-state index contributed by atoms with van der Waals surface area (Å²) in [7, 11) is -3.82. The van der Waals surface area contributed by atoms with Crippen molar-refractivity contribution in [3.8, 4) is 5.69 Å². The molecule has 0 atom stereocenters. The number of ketones is 1. The predicted octanol–water partition coefficient (Wildman–Crippen LogP) is 1.91. The van der Waals surface area contributed by atoms with Gasteiger partial charge in [0.1, 0.15) is 0 Å². The van der Waals surface area contributed by atoms with Crippen LogP contribution < -0.4 is 5.14 Å². The van der Waals surface area contributed by atoms with E-state index in [1.165, 1.54) is 12.1 Å². The molecule has 0 amide bonds. The van der Waals surface area contributed by atoms with Gasteiger partial charge in [-0.15, -0.1) is 0 Å². The highest BCUT2D eigenvalue weighted by molar-refractivity contribution is 7.89. The summed E-state index contributed by atoms with van der Waals surface area (Å²) in [6.45, 7) is 3.98. The maximum Gasteiger partial charge on any atom is 0.309 e. The second kappa shape index (κ2) is 6.07. The quantitative estimate of drug-likeness (QED) is 0.845. The van der Waals surface area contributed by atoms with Crippen molar-refractivity contribution in [3.63, 3.8) is 0 Å². The first-order chi connectivity index (χ1) is 12.0. The van der Waals surface area contributed by atoms with Crippen LogP contribution in [0.4, 0.5) is 0 Å². The number of aromatic nitrogens is 1. The number of carbonyl (C=O) groups excluding carboxylic acids is 1. The lowest BCUT2D eigenvalue weighted by Gasteiger charge is -2.30. The molecule has 0 aliphatic heterocycles. The van der Waals surface area contributed by atoms with Gasteiger partial charge in [-0.1, -0.05) is 13.8 Å². The normalized spacial score (nSPS) is 16.3. The monoisotopic (exact) mass is 376 g/mol. The molecule has 1 aliphatic carbocycles. The smallest absolute Gasteiger partial charge is 0.309 e. The van der Waals surface area contributed by atoms with Gasteiger partial charge < -0.3 is 9.67 Å². The van der Waals surface area contributed by atoms with Gasteiger partial charge in [-0.25, -0.2) is 13.6 Å². The lowest BCUT2D eigenvalue weighted by Crippen LogP contribution is -2.28. The molecule has 1 aliphatic rings. The number of carboxylic acid groups (broad SMARTS) is 1. The maximum atomic E-state index is 12.5. The molecular weight excluding hydrogens is 356 g/mol. The highest BCUT2D eigenvalue weighted by atomic mass is 32.2. The molecule has 0 saturated carbocycles. The van der Waals surface area contributed by atoms with E-state index in [4.69, 9.17) is 5.14 Å². The third kappa shape index (κ3) is 3.42. The van der Waals surface area contributed by atoms with Gasteiger partial charge in [-0.3, -0.25) is 9.59 Å². The molecule has 0 radical (unpaired) electrons. The van der Waals surface area contributed by atoms with Crippen LogP contribution in [-0.2, 0) is 27.7 Å². The van der Waals surface area contributed by atoms with Gasteiger partial charge in [-0.05, 0) is 42.2 Å². The van der Waals surface area contributed by atoms with Gasteiger partial charge in [-0.2, -0.15) is 0 Å². The Balaban J connectivity index is 2.19. The number of Topliss-reactive ketones (excluding diaryl/α,β-unsaturated/α-hetero) is 1. The SMILES string of the molecule is CC1(C)CC(=O)c2cc(CC(=O)O)n(-c3ccc(S(N)(=O)=O)cc3)c2C1. The molecule has 0 spiro atoms. The number of hydrogen-bond donors (Lipinski definition) is 2. The van der Waals surface area contributed by atoms with Crippen LogP contribution in [0.3, 0.4) is 0 Å². The minimum Gasteiger partial charge on any atom is -0.481 e. The Morgan fingerprint density at radius 2 is 1.85 bits per heavy atom. The second-order valence-corrected chi connectivity index (χ2v) is 8.94. The third-order valence-electron chi connectivity index (χ3n) is 4.52. The van der Waals surface area contributed by atoms with Crippen molar-refractivity contribution < 1.29 is 23.1 Å². The van der Waals surface area contributed by atoms with Gasteiger partial charge in [0.2, 0.25) is 10.0 Å². The summed E-state index contributed by atoms with van der Waals surface area (Å²) < 4.78 is 24.7. The fourth-order valence-corrected chi connectivity index (χ4v) is 3.98. The van der Waals surface area contributed by atoms with Gasteiger partial charge >= 0.3 is 5.97 Å². The summed E-state index contributed by atoms with van der Waals surface area (Å²) in [6.07, 6.45) is 0.781. The first-order valence-corrected chi connectivity index (χ1v) is 9.64. The summed E-state index contributed by atoms with van der Waals surface area (Å²) in [5.41, 5.74) is 2.14. The predicted molar refractivity (Wildman–Crippen MR) is 94.9 cm³/mol. The van der Waals surface area contributed by atoms with Gasteiger partial charge in [0.25, 0.3) is 0 Å². The number of rotatable bonds is 4. The Morgan fingerprint density at radius 3 is 2.38 bits per heavy atom. The first-order valence-electron chi connectivity index (χ1n) is 8.10. The summed E-state index contributed by atoms with van der Waals surface area (Å²) in [6, 6.07) is 7.51. The van der Waals surface area contributed by atoms with E-state index in [0.717, 1.165) is 5.69 Å². The number of carboxylic acids is 1. The number of nitrogens with zero attached hydrogens (tertiary/aromatic N) is 1. The largest absolute Gasteiger partial charge is 0.481 e. The average molecular weight is 376 g/mol. The highest BCUT2D eigenvalue weighted by Crippen LogP contribution is 2.37. The minimum absolute atomic E-state index is 0.0113. The number of sulfonamides is 1. The standard InChI is InChI=1S/C18H20N2O5S/c1-18(2)9-15-14(16(21)10-18)7-12(8-17(22)23)20(15)11-3-5-13(6-4-11)26(19,24)25/h3-7H,8-10H2,1-2H3,(H,22,23)(H2,19,24,25). The molecule has 26 heavy (non-hydrogen) atoms. The van der Waals surface area contributed by atoms with E-state index in [1.807, 2.05) is 13.8 Å². The molecule has 1 heterocycles. The number of nitrogens with two attached hydrogens (primary N) is 1. The zero-order chi connectivity index (χ0) is 19.3. The number of aliphatic carboxylic acids is 1. The van der Waals surface area contributed by atoms with Gasteiger partial charge in [0, 0.05) is 29.1 Å². The van der Waals surface area contributed by atoms with Crippen molar-refractivity contribution in [3.05, 3.63) is 47.3 Å². The molecule has 3 rings (SSSR count). The van der Waals surface area contributed by atoms with Crippen LogP contribution in [0.5, 0.6) is 0 Å². The van der Waals surface area contributed by atoms with E-state index in [1.54, 1.807) is 22.8 Å². The van der Waals surface area contributed by atoms with Crippen LogP contribution in [-0.4, -0.2) is 29.8 Å². The molecule has 0 fully saturated rings. The van der Waals surface area contributed by atoms with Crippen LogP contribution in [0.25, 0.3) is 5.69 Å². The Kier molecular flexibility index (Phi) is 4.28. The summed E-state index contributed by atoms with van der Waals surface area (Å²) in [5, 5.41) is 14.4. The van der Waals surface area contributed by atoms with E-state index >= 15 is 0 Å². The molecule has 3 N–H and O–H groups in total. The molecule has 1 aromatic carbocycles. The Morgan fingerprint density at radius 1 is 1.23 bits per heavy atom. The van der Waals surface area contributed by atoms with Crippen molar-refractivity contribution in [2.45, 2.75) is 38.0 Å². The number of primary sulfonamides is 1. The molecule has 0 saturated heterocycles. The fourth-order valence-electron chi connectivity index (χ4n) is 3.46. The number of benzene rings is 1. The fraction of sp³-hybridized carbons (Fsp3) is 0.333. The van der Waals surface area contributed by atoms with E-state index in [0.29, 0.717) is 29.8 Å². The molecular formula is C18H20N2O5S. The zero-order valence-electron chi connectivity index (χ0n) is 14.5. The summed E-state index contributed by atoms with van der Waals surface area (Å²) >= 11 is 0. The molecule has 0 bridgehead atoms. The third-order valence-corrected chi connectivity index (χ3v) is 5.45. The van der Waals surface area contributed by atoms with Gasteiger partial charge in [0.15, 0.2) is 5.78 Å². The summed E-state index contributed by atoms with van der Waals surface area (Å²) in [5.74, 6) is -1.02. The molecule has 0 unspecified atom stereocenters. The zero-order valence-corrected chi connectivity index (χ0v) is 15.3. The van der Waals surface area contributed by atoms with Gasteiger partial charge in [0.05, 0.1) is 11.3 Å². The van der Waals surface area contributed by atoms with Crippen LogP contribution >= 0.6 is 0 Å². The van der Waals surface area contributed by atoms with E-state index in [2.05, 4.69) is 0 Å². The van der Waals surface area contributed by atoms with Crippen molar-refractivity contribution in [2.75, 3.05) is 0 Å². The van der Waals surface area contributed by atoms with Crippen LogP contribution in [0.1, 0.15) is 42.0 Å². The first kappa shape index (κ1) is 18.3. The number of carbonyl (C=O) groups is 2. The Bertz CT molecular complexity index is 1000. The number of fused-ring (bicyclic) bond motifs is 1. The lowest BCUT2D eigenvalue weighted by atomic mass is 9.76. The highest BCUT2D eigenvalue weighted by Gasteiger charge is 2.35. The van der Waals surface area contributed by atoms with Crippen molar-refractivity contribution in [2.24, 2.45) is 10.6 Å². The molecule has 138 valence electrons. The second-order valence-electron chi connectivity index (χ2n) is 7.38. The maximum absolute atomic E-state index is 12.5. The van der Waals surface area contributed by atoms with E-state index in [-0.39, 0.29) is 22.5 Å². The van der Waals surface area contributed by atoms with Crippen molar-refractivity contribution >= 4 is 21.8 Å². The Hall–Kier alpha value is -2.45. The average Bonchev–Trinajstić information content (AvgIpc) is 2.82. The molecule has 7 nitrogen and oxygen atoms in total. The van der Waals surface area contributed by atoms with Crippen molar-refractivity contribution in [1.82, 2.24) is 4.57 Å². The summed E-state index contributed by atoms with van der Waals surface area (Å²) in [4.78, 5) is 23.7. The van der Waals surface area contributed by atoms with E-state index in [9.17, 15) is 23.1 Å². The Labute approximate surface area is 151 Å². The van der Waals surface area contributed by atoms with Crippen LogP contribution in [0.2, 0.25) is 0 Å².